The summed E-state index contributed by atoms with van der Waals surface area (Å²) in [6.07, 6.45) is 0.299. The van der Waals surface area contributed by atoms with Crippen molar-refractivity contribution < 1.29 is 19.4 Å². The molecule has 0 aliphatic carbocycles. The van der Waals surface area contributed by atoms with Gasteiger partial charge in [0.1, 0.15) is 12.4 Å². The average molecular weight is 259 g/mol. The number of hydrogen-bond acceptors (Lipinski definition) is 4. The minimum absolute atomic E-state index is 0.222. The largest absolute Gasteiger partial charge is 0.489 e. The van der Waals surface area contributed by atoms with Crippen LogP contribution in [0.5, 0.6) is 5.75 Å². The highest BCUT2D eigenvalue weighted by atomic mass is 35.5. The summed E-state index contributed by atoms with van der Waals surface area (Å²) in [4.78, 5) is 20.9. The minimum atomic E-state index is -1.19. The van der Waals surface area contributed by atoms with Gasteiger partial charge in [-0.3, -0.25) is 4.79 Å². The second-order valence-corrected chi connectivity index (χ2v) is 3.60. The molecule has 0 aliphatic heterocycles. The predicted molar refractivity (Wildman–Crippen MR) is 62.0 cm³/mol. The van der Waals surface area contributed by atoms with Crippen LogP contribution in [0.4, 0.5) is 5.69 Å². The van der Waals surface area contributed by atoms with Crippen molar-refractivity contribution in [1.29, 1.82) is 0 Å². The Morgan fingerprint density at radius 3 is 2.88 bits per heavy atom. The fraction of sp³-hybridized carbons (Fsp3) is 0.200. The topological polar surface area (TPSA) is 102 Å². The maximum Gasteiger partial charge on any atom is 0.329 e. The van der Waals surface area contributed by atoms with Crippen LogP contribution >= 0.6 is 11.6 Å². The van der Waals surface area contributed by atoms with E-state index in [1.807, 2.05) is 0 Å². The molecule has 6 nitrogen and oxygen atoms in total. The van der Waals surface area contributed by atoms with Gasteiger partial charge in [0, 0.05) is 5.02 Å². The van der Waals surface area contributed by atoms with Gasteiger partial charge in [0.05, 0.1) is 5.69 Å². The smallest absolute Gasteiger partial charge is 0.329 e. The summed E-state index contributed by atoms with van der Waals surface area (Å²) in [5, 5.41) is 11.3. The number of halogens is 1. The van der Waals surface area contributed by atoms with E-state index in [-0.39, 0.29) is 6.61 Å². The highest BCUT2D eigenvalue weighted by Crippen LogP contribution is 2.24. The second-order valence-electron chi connectivity index (χ2n) is 3.17. The summed E-state index contributed by atoms with van der Waals surface area (Å²) in [5.74, 6) is -0.877. The van der Waals surface area contributed by atoms with Gasteiger partial charge >= 0.3 is 5.97 Å². The zero-order valence-electron chi connectivity index (χ0n) is 8.72. The van der Waals surface area contributed by atoms with Gasteiger partial charge in [-0.25, -0.2) is 4.79 Å². The lowest BCUT2D eigenvalue weighted by Crippen LogP contribution is -2.40. The third-order valence-corrected chi connectivity index (χ3v) is 2.18. The lowest BCUT2D eigenvalue weighted by molar-refractivity contribution is -0.141. The number of carbonyl (C=O) groups excluding carboxylic acids is 1. The Morgan fingerprint density at radius 2 is 2.35 bits per heavy atom. The molecule has 92 valence electrons. The van der Waals surface area contributed by atoms with Crippen LogP contribution in [-0.4, -0.2) is 30.1 Å². The summed E-state index contributed by atoms with van der Waals surface area (Å²) < 4.78 is 5.18. The number of benzene rings is 1. The van der Waals surface area contributed by atoms with E-state index in [0.717, 1.165) is 0 Å². The molecule has 0 bridgehead atoms. The van der Waals surface area contributed by atoms with Crippen molar-refractivity contribution in [2.75, 3.05) is 12.3 Å². The lowest BCUT2D eigenvalue weighted by atomic mass is 10.3. The van der Waals surface area contributed by atoms with Crippen LogP contribution < -0.4 is 15.8 Å². The Kier molecular flexibility index (Phi) is 4.59. The molecule has 4 N–H and O–H groups in total. The molecule has 0 saturated carbocycles. The number of carboxylic acid groups (broad SMARTS) is 1. The average Bonchev–Trinajstić information content (AvgIpc) is 2.25. The van der Waals surface area contributed by atoms with Gasteiger partial charge in [-0.1, -0.05) is 11.6 Å². The number of carboxylic acids is 1. The first kappa shape index (κ1) is 13.1. The van der Waals surface area contributed by atoms with Crippen molar-refractivity contribution in [2.24, 2.45) is 0 Å². The number of nitrogens with two attached hydrogens (primary N) is 1. The van der Waals surface area contributed by atoms with Crippen LogP contribution in [0, 0.1) is 0 Å². The van der Waals surface area contributed by atoms with Gasteiger partial charge in [0.25, 0.3) is 0 Å². The van der Waals surface area contributed by atoms with E-state index in [2.05, 4.69) is 5.32 Å². The molecule has 1 aromatic rings. The summed E-state index contributed by atoms with van der Waals surface area (Å²) in [6, 6.07) is 3.45. The number of nitrogen functional groups attached to an aromatic ring is 1. The molecule has 1 rings (SSSR count). The zero-order valence-corrected chi connectivity index (χ0v) is 9.48. The molecule has 0 spiro atoms. The van der Waals surface area contributed by atoms with E-state index in [0.29, 0.717) is 22.9 Å². The first-order valence-corrected chi connectivity index (χ1v) is 5.02. The Bertz CT molecular complexity index is 425. The van der Waals surface area contributed by atoms with Crippen molar-refractivity contribution >= 4 is 29.7 Å². The van der Waals surface area contributed by atoms with E-state index >= 15 is 0 Å². The summed E-state index contributed by atoms with van der Waals surface area (Å²) in [6.45, 7) is -0.222. The van der Waals surface area contributed by atoms with Crippen molar-refractivity contribution in [3.05, 3.63) is 23.2 Å². The first-order valence-electron chi connectivity index (χ1n) is 4.65. The number of rotatable bonds is 6. The fourth-order valence-corrected chi connectivity index (χ4v) is 1.28. The Labute approximate surface area is 102 Å². The highest BCUT2D eigenvalue weighted by molar-refractivity contribution is 6.30. The summed E-state index contributed by atoms with van der Waals surface area (Å²) in [7, 11) is 0. The normalized spacial score (nSPS) is 11.6. The van der Waals surface area contributed by atoms with Crippen LogP contribution in [0.25, 0.3) is 0 Å². The molecule has 0 heterocycles. The zero-order chi connectivity index (χ0) is 12.8. The molecular weight excluding hydrogens is 248 g/mol. The van der Waals surface area contributed by atoms with Crippen LogP contribution in [-0.2, 0) is 9.59 Å². The molecule has 0 saturated heterocycles. The number of aliphatic carboxylic acids is 1. The summed E-state index contributed by atoms with van der Waals surface area (Å²) >= 11 is 5.69. The summed E-state index contributed by atoms with van der Waals surface area (Å²) in [5.41, 5.74) is 5.91. The molecule has 0 radical (unpaired) electrons. The molecule has 17 heavy (non-hydrogen) atoms. The van der Waals surface area contributed by atoms with Crippen molar-refractivity contribution in [2.45, 2.75) is 6.04 Å². The SMILES string of the molecule is Nc1cc(Cl)ccc1OC[C@H](NC=O)C(=O)O. The third-order valence-electron chi connectivity index (χ3n) is 1.94. The second kappa shape index (κ2) is 5.95. The maximum atomic E-state index is 10.7. The van der Waals surface area contributed by atoms with Gasteiger partial charge in [-0.2, -0.15) is 0 Å². The number of nitrogens with one attached hydrogen (secondary N) is 1. The number of hydrogen-bond donors (Lipinski definition) is 3. The maximum absolute atomic E-state index is 10.7. The standard InChI is InChI=1S/C10H11ClN2O4/c11-6-1-2-9(7(12)3-6)17-4-8(10(15)16)13-5-14/h1-3,5,8H,4,12H2,(H,13,14)(H,15,16)/t8-/m0/s1. The van der Waals surface area contributed by atoms with Crippen LogP contribution in [0.1, 0.15) is 0 Å². The molecule has 0 unspecified atom stereocenters. The van der Waals surface area contributed by atoms with Crippen LogP contribution in [0.15, 0.2) is 18.2 Å². The Morgan fingerprint density at radius 1 is 1.65 bits per heavy atom. The van der Waals surface area contributed by atoms with E-state index in [1.54, 1.807) is 6.07 Å². The van der Waals surface area contributed by atoms with E-state index in [4.69, 9.17) is 27.2 Å². The third kappa shape index (κ3) is 3.84. The van der Waals surface area contributed by atoms with Crippen LogP contribution in [0.2, 0.25) is 5.02 Å². The van der Waals surface area contributed by atoms with Gasteiger partial charge < -0.3 is 20.9 Å². The van der Waals surface area contributed by atoms with Crippen molar-refractivity contribution in [3.63, 3.8) is 0 Å². The van der Waals surface area contributed by atoms with Gasteiger partial charge in [0.2, 0.25) is 6.41 Å². The molecule has 1 atom stereocenters. The number of carbonyl (C=O) groups is 2. The number of ether oxygens (including phenoxy) is 1. The van der Waals surface area contributed by atoms with Crippen LogP contribution in [0.3, 0.4) is 0 Å². The van der Waals surface area contributed by atoms with Crippen molar-refractivity contribution in [3.8, 4) is 5.75 Å². The predicted octanol–water partition coefficient (Wildman–Crippen LogP) is 0.500. The molecule has 0 aliphatic rings. The molecule has 7 heteroatoms. The molecule has 0 aromatic heterocycles. The fourth-order valence-electron chi connectivity index (χ4n) is 1.10. The quantitative estimate of drug-likeness (QED) is 0.509. The van der Waals surface area contributed by atoms with E-state index in [1.165, 1.54) is 12.1 Å². The highest BCUT2D eigenvalue weighted by Gasteiger charge is 2.17. The number of amides is 1. The first-order chi connectivity index (χ1) is 8.04. The number of anilines is 1. The van der Waals surface area contributed by atoms with E-state index < -0.39 is 12.0 Å². The molecule has 1 amide bonds. The Hall–Kier alpha value is -1.95. The molecule has 0 fully saturated rings. The van der Waals surface area contributed by atoms with Gasteiger partial charge in [-0.05, 0) is 18.2 Å². The van der Waals surface area contributed by atoms with Gasteiger partial charge in [0.15, 0.2) is 6.04 Å². The van der Waals surface area contributed by atoms with Gasteiger partial charge in [-0.15, -0.1) is 0 Å². The van der Waals surface area contributed by atoms with E-state index in [9.17, 15) is 9.59 Å². The molecular formula is C10H11ClN2O4. The Balaban J connectivity index is 2.65. The monoisotopic (exact) mass is 258 g/mol. The minimum Gasteiger partial charge on any atom is -0.489 e. The lowest BCUT2D eigenvalue weighted by Gasteiger charge is -2.13. The van der Waals surface area contributed by atoms with Crippen molar-refractivity contribution in [1.82, 2.24) is 5.32 Å². The molecule has 1 aromatic carbocycles.